The number of hydrogen-bond donors (Lipinski definition) is 1. The van der Waals surface area contributed by atoms with Gasteiger partial charge in [0, 0.05) is 5.92 Å². The number of aliphatic carboxylic acids is 1. The van der Waals surface area contributed by atoms with E-state index in [1.54, 1.807) is 49.4 Å². The molecule has 0 bridgehead atoms. The van der Waals surface area contributed by atoms with Gasteiger partial charge in [0.2, 0.25) is 0 Å². The maximum atomic E-state index is 12.0. The number of carboxylic acids is 1. The summed E-state index contributed by atoms with van der Waals surface area (Å²) in [4.78, 5) is 35.6. The molecule has 0 spiro atoms. The second-order valence-corrected chi connectivity index (χ2v) is 5.51. The molecule has 6 nitrogen and oxygen atoms in total. The molecule has 0 aliphatic heterocycles. The molecule has 0 unspecified atom stereocenters. The highest BCUT2D eigenvalue weighted by Gasteiger charge is 2.41. The van der Waals surface area contributed by atoms with Crippen molar-refractivity contribution in [1.82, 2.24) is 0 Å². The maximum Gasteiger partial charge on any atom is 0.338 e. The summed E-state index contributed by atoms with van der Waals surface area (Å²) in [5.41, 5.74) is 0.395. The third-order valence-corrected chi connectivity index (χ3v) is 3.96. The Bertz CT molecular complexity index is 622. The molecule has 1 aromatic carbocycles. The molecular weight excluding hydrogens is 312 g/mol. The summed E-state index contributed by atoms with van der Waals surface area (Å²) >= 11 is 0. The lowest BCUT2D eigenvalue weighted by molar-refractivity contribution is -0.159. The summed E-state index contributed by atoms with van der Waals surface area (Å²) in [6.45, 7) is 1.77. The molecule has 1 aromatic rings. The zero-order valence-electron chi connectivity index (χ0n) is 13.4. The molecule has 1 aliphatic carbocycles. The molecule has 0 saturated heterocycles. The van der Waals surface area contributed by atoms with Crippen LogP contribution in [0.4, 0.5) is 0 Å². The van der Waals surface area contributed by atoms with Crippen molar-refractivity contribution < 1.29 is 29.0 Å². The Hall–Kier alpha value is -2.63. The first-order valence-electron chi connectivity index (χ1n) is 7.82. The number of carbonyl (C=O) groups is 3. The van der Waals surface area contributed by atoms with E-state index in [0.717, 1.165) is 0 Å². The van der Waals surface area contributed by atoms with E-state index in [-0.39, 0.29) is 13.2 Å². The summed E-state index contributed by atoms with van der Waals surface area (Å²) in [6, 6.07) is 8.46. The van der Waals surface area contributed by atoms with Crippen LogP contribution in [0.2, 0.25) is 0 Å². The lowest BCUT2D eigenvalue weighted by atomic mass is 9.76. The first kappa shape index (κ1) is 17.7. The average Bonchev–Trinajstić information content (AvgIpc) is 2.60. The summed E-state index contributed by atoms with van der Waals surface area (Å²) in [5.74, 6) is -4.47. The third kappa shape index (κ3) is 4.22. The van der Waals surface area contributed by atoms with Crippen LogP contribution in [-0.4, -0.2) is 36.2 Å². The van der Waals surface area contributed by atoms with Crippen LogP contribution >= 0.6 is 0 Å². The highest BCUT2D eigenvalue weighted by molar-refractivity contribution is 5.89. The van der Waals surface area contributed by atoms with Crippen LogP contribution in [0.5, 0.6) is 0 Å². The van der Waals surface area contributed by atoms with Crippen LogP contribution in [-0.2, 0) is 19.1 Å². The summed E-state index contributed by atoms with van der Waals surface area (Å²) in [7, 11) is 0. The highest BCUT2D eigenvalue weighted by Crippen LogP contribution is 2.32. The second-order valence-electron chi connectivity index (χ2n) is 5.51. The first-order chi connectivity index (χ1) is 11.5. The van der Waals surface area contributed by atoms with Crippen LogP contribution in [0.3, 0.4) is 0 Å². The third-order valence-electron chi connectivity index (χ3n) is 3.96. The number of rotatable bonds is 6. The van der Waals surface area contributed by atoms with E-state index in [1.807, 2.05) is 0 Å². The predicted octanol–water partition coefficient (Wildman–Crippen LogP) is 2.30. The summed E-state index contributed by atoms with van der Waals surface area (Å²) < 4.78 is 10.2. The lowest BCUT2D eigenvalue weighted by Crippen LogP contribution is -2.39. The van der Waals surface area contributed by atoms with Gasteiger partial charge in [0.05, 0.1) is 30.6 Å². The normalized spacial score (nSPS) is 22.6. The van der Waals surface area contributed by atoms with Crippen molar-refractivity contribution in [2.75, 3.05) is 13.2 Å². The van der Waals surface area contributed by atoms with Gasteiger partial charge in [-0.15, -0.1) is 0 Å². The number of ether oxygens (including phenoxy) is 2. The topological polar surface area (TPSA) is 89.9 Å². The van der Waals surface area contributed by atoms with E-state index >= 15 is 0 Å². The monoisotopic (exact) mass is 332 g/mol. The van der Waals surface area contributed by atoms with Crippen LogP contribution in [0.25, 0.3) is 0 Å². The zero-order chi connectivity index (χ0) is 17.5. The largest absolute Gasteiger partial charge is 0.481 e. The van der Waals surface area contributed by atoms with Crippen LogP contribution in [0.1, 0.15) is 23.7 Å². The molecule has 24 heavy (non-hydrogen) atoms. The quantitative estimate of drug-likeness (QED) is 0.635. The summed E-state index contributed by atoms with van der Waals surface area (Å²) in [5, 5.41) is 9.50. The lowest BCUT2D eigenvalue weighted by Gasteiger charge is -2.30. The molecule has 3 atom stereocenters. The molecule has 128 valence electrons. The molecule has 0 aromatic heterocycles. The van der Waals surface area contributed by atoms with Gasteiger partial charge in [0.1, 0.15) is 0 Å². The number of benzene rings is 1. The minimum Gasteiger partial charge on any atom is -0.481 e. The molecule has 0 heterocycles. The minimum absolute atomic E-state index is 0.100. The Morgan fingerprint density at radius 3 is 2.50 bits per heavy atom. The SMILES string of the molecule is CCOC(=O)[C@@H]1CC=C[C@H](COC(=O)c2ccccc2)[C@@H]1C(=O)O. The Balaban J connectivity index is 2.06. The highest BCUT2D eigenvalue weighted by atomic mass is 16.5. The number of hydrogen-bond acceptors (Lipinski definition) is 5. The number of carbonyl (C=O) groups excluding carboxylic acids is 2. The van der Waals surface area contributed by atoms with E-state index in [9.17, 15) is 19.5 Å². The van der Waals surface area contributed by atoms with E-state index < -0.39 is 35.7 Å². The van der Waals surface area contributed by atoms with E-state index in [1.165, 1.54) is 0 Å². The van der Waals surface area contributed by atoms with Crippen LogP contribution in [0, 0.1) is 17.8 Å². The van der Waals surface area contributed by atoms with Gasteiger partial charge in [-0.2, -0.15) is 0 Å². The summed E-state index contributed by atoms with van der Waals surface area (Å²) in [6.07, 6.45) is 3.73. The Morgan fingerprint density at radius 2 is 1.88 bits per heavy atom. The molecule has 1 N–H and O–H groups in total. The Kier molecular flexibility index (Phi) is 6.12. The van der Waals surface area contributed by atoms with E-state index in [2.05, 4.69) is 0 Å². The second kappa shape index (κ2) is 8.29. The molecule has 0 amide bonds. The van der Waals surface area contributed by atoms with Gasteiger partial charge in [0.15, 0.2) is 0 Å². The van der Waals surface area contributed by atoms with Crippen molar-refractivity contribution in [2.45, 2.75) is 13.3 Å². The van der Waals surface area contributed by atoms with Gasteiger partial charge in [-0.25, -0.2) is 4.79 Å². The van der Waals surface area contributed by atoms with Crippen molar-refractivity contribution in [3.8, 4) is 0 Å². The van der Waals surface area contributed by atoms with E-state index in [0.29, 0.717) is 12.0 Å². The predicted molar refractivity (Wildman–Crippen MR) is 85.2 cm³/mol. The molecule has 1 aliphatic rings. The van der Waals surface area contributed by atoms with Gasteiger partial charge in [-0.05, 0) is 25.5 Å². The van der Waals surface area contributed by atoms with Crippen molar-refractivity contribution in [3.05, 3.63) is 48.0 Å². The Labute approximate surface area is 140 Å². The molecule has 2 rings (SSSR count). The van der Waals surface area contributed by atoms with Gasteiger partial charge in [-0.3, -0.25) is 9.59 Å². The zero-order valence-corrected chi connectivity index (χ0v) is 13.4. The van der Waals surface area contributed by atoms with Crippen molar-refractivity contribution in [1.29, 1.82) is 0 Å². The van der Waals surface area contributed by atoms with Gasteiger partial charge >= 0.3 is 17.9 Å². The standard InChI is InChI=1S/C18H20O6/c1-2-23-18(22)14-10-6-9-13(15(14)16(19)20)11-24-17(21)12-7-4-3-5-8-12/h3-9,13-15H,2,10-11H2,1H3,(H,19,20)/t13-,14-,15+/m1/s1. The van der Waals surface area contributed by atoms with E-state index in [4.69, 9.17) is 9.47 Å². The molecule has 0 fully saturated rings. The maximum absolute atomic E-state index is 12.0. The minimum atomic E-state index is -1.10. The average molecular weight is 332 g/mol. The van der Waals surface area contributed by atoms with Crippen molar-refractivity contribution in [3.63, 3.8) is 0 Å². The molecular formula is C18H20O6. The van der Waals surface area contributed by atoms with Crippen LogP contribution < -0.4 is 0 Å². The first-order valence-corrected chi connectivity index (χ1v) is 7.82. The fourth-order valence-corrected chi connectivity index (χ4v) is 2.80. The molecule has 0 saturated carbocycles. The number of carboxylic acid groups (broad SMARTS) is 1. The fraction of sp³-hybridized carbons (Fsp3) is 0.389. The van der Waals surface area contributed by atoms with Gasteiger partial charge in [-0.1, -0.05) is 30.4 Å². The smallest absolute Gasteiger partial charge is 0.338 e. The van der Waals surface area contributed by atoms with Crippen molar-refractivity contribution >= 4 is 17.9 Å². The number of esters is 2. The number of allylic oxidation sites excluding steroid dienone is 1. The van der Waals surface area contributed by atoms with Gasteiger partial charge < -0.3 is 14.6 Å². The van der Waals surface area contributed by atoms with Gasteiger partial charge in [0.25, 0.3) is 0 Å². The fourth-order valence-electron chi connectivity index (χ4n) is 2.80. The molecule has 0 radical (unpaired) electrons. The Morgan fingerprint density at radius 1 is 1.17 bits per heavy atom. The van der Waals surface area contributed by atoms with Crippen LogP contribution in [0.15, 0.2) is 42.5 Å². The molecule has 6 heteroatoms. The van der Waals surface area contributed by atoms with Crippen molar-refractivity contribution in [2.24, 2.45) is 17.8 Å².